The van der Waals surface area contributed by atoms with Crippen LogP contribution in [0.2, 0.25) is 0 Å². The van der Waals surface area contributed by atoms with Crippen LogP contribution in [-0.2, 0) is 11.3 Å². The Morgan fingerprint density at radius 2 is 2.00 bits per heavy atom. The van der Waals surface area contributed by atoms with Gasteiger partial charge >= 0.3 is 0 Å². The minimum atomic E-state index is -0.448. The van der Waals surface area contributed by atoms with Gasteiger partial charge in [0.1, 0.15) is 0 Å². The van der Waals surface area contributed by atoms with Crippen molar-refractivity contribution in [3.05, 3.63) is 39.9 Å². The summed E-state index contributed by atoms with van der Waals surface area (Å²) in [6.07, 6.45) is 1.69. The summed E-state index contributed by atoms with van der Waals surface area (Å²) >= 11 is 0. The van der Waals surface area contributed by atoms with E-state index in [-0.39, 0.29) is 17.0 Å². The number of hydrogen-bond acceptors (Lipinski definition) is 4. The Morgan fingerprint density at radius 1 is 1.39 bits per heavy atom. The van der Waals surface area contributed by atoms with Gasteiger partial charge in [-0.05, 0) is 18.4 Å². The predicted octanol–water partition coefficient (Wildman–Crippen LogP) is 0.950. The highest BCUT2D eigenvalue weighted by Gasteiger charge is 2.48. The molecule has 0 aromatic heterocycles. The third kappa shape index (κ3) is 2.48. The van der Waals surface area contributed by atoms with Gasteiger partial charge in [-0.3, -0.25) is 14.9 Å². The molecule has 0 unspecified atom stereocenters. The lowest BCUT2D eigenvalue weighted by atomic mass is 10.1. The van der Waals surface area contributed by atoms with Gasteiger partial charge in [0, 0.05) is 25.2 Å². The zero-order valence-corrected chi connectivity index (χ0v) is 9.89. The first kappa shape index (κ1) is 12.5. The van der Waals surface area contributed by atoms with Crippen molar-refractivity contribution in [2.75, 3.05) is 6.54 Å². The molecule has 0 aliphatic heterocycles. The molecule has 2 rings (SSSR count). The average molecular weight is 249 g/mol. The monoisotopic (exact) mass is 249 g/mol. The lowest BCUT2D eigenvalue weighted by Crippen LogP contribution is -2.36. The second-order valence-electron chi connectivity index (χ2n) is 4.59. The number of non-ortho nitro benzene ring substituents is 1. The minimum Gasteiger partial charge on any atom is -0.352 e. The summed E-state index contributed by atoms with van der Waals surface area (Å²) in [7, 11) is 0. The van der Waals surface area contributed by atoms with Crippen molar-refractivity contribution in [2.45, 2.75) is 19.4 Å². The summed E-state index contributed by atoms with van der Waals surface area (Å²) in [6.45, 7) is 0.748. The van der Waals surface area contributed by atoms with Crippen LogP contribution in [0.3, 0.4) is 0 Å². The molecule has 0 radical (unpaired) electrons. The van der Waals surface area contributed by atoms with E-state index >= 15 is 0 Å². The molecule has 1 aromatic carbocycles. The SMILES string of the molecule is NCC1(C(=O)NCc2ccc([N+](=O)[O-])cc2)CC1. The van der Waals surface area contributed by atoms with Crippen LogP contribution in [0.4, 0.5) is 5.69 Å². The number of carbonyl (C=O) groups excluding carboxylic acids is 1. The molecule has 0 bridgehead atoms. The van der Waals surface area contributed by atoms with Crippen molar-refractivity contribution in [3.63, 3.8) is 0 Å². The Kier molecular flexibility index (Phi) is 3.29. The maximum Gasteiger partial charge on any atom is 0.269 e. The molecule has 0 spiro atoms. The number of nitro benzene ring substituents is 1. The van der Waals surface area contributed by atoms with Crippen LogP contribution >= 0.6 is 0 Å². The predicted molar refractivity (Wildman–Crippen MR) is 65.7 cm³/mol. The van der Waals surface area contributed by atoms with E-state index in [0.29, 0.717) is 13.1 Å². The fourth-order valence-corrected chi connectivity index (χ4v) is 1.78. The Hall–Kier alpha value is -1.95. The first-order valence-corrected chi connectivity index (χ1v) is 5.79. The van der Waals surface area contributed by atoms with Gasteiger partial charge in [-0.1, -0.05) is 12.1 Å². The van der Waals surface area contributed by atoms with Gasteiger partial charge in [0.05, 0.1) is 10.3 Å². The van der Waals surface area contributed by atoms with Crippen molar-refractivity contribution < 1.29 is 9.72 Å². The van der Waals surface area contributed by atoms with E-state index < -0.39 is 4.92 Å². The molecule has 0 saturated heterocycles. The van der Waals surface area contributed by atoms with Crippen molar-refractivity contribution in [1.29, 1.82) is 0 Å². The maximum absolute atomic E-state index is 11.8. The zero-order chi connectivity index (χ0) is 13.2. The Labute approximate surface area is 104 Å². The van der Waals surface area contributed by atoms with Crippen molar-refractivity contribution in [2.24, 2.45) is 11.1 Å². The van der Waals surface area contributed by atoms with Gasteiger partial charge in [0.15, 0.2) is 0 Å². The van der Waals surface area contributed by atoms with Crippen LogP contribution in [0, 0.1) is 15.5 Å². The molecule has 6 heteroatoms. The van der Waals surface area contributed by atoms with Gasteiger partial charge in [0.2, 0.25) is 5.91 Å². The van der Waals surface area contributed by atoms with E-state index in [2.05, 4.69) is 5.32 Å². The summed E-state index contributed by atoms with van der Waals surface area (Å²) in [6, 6.07) is 6.13. The summed E-state index contributed by atoms with van der Waals surface area (Å²) in [5.74, 6) is -0.0247. The Morgan fingerprint density at radius 3 is 2.44 bits per heavy atom. The molecule has 1 amide bonds. The number of amides is 1. The highest BCUT2D eigenvalue weighted by atomic mass is 16.6. The molecule has 1 saturated carbocycles. The van der Waals surface area contributed by atoms with Gasteiger partial charge in [0.25, 0.3) is 5.69 Å². The summed E-state index contributed by atoms with van der Waals surface area (Å²) < 4.78 is 0. The molecule has 1 aliphatic carbocycles. The molecule has 3 N–H and O–H groups in total. The average Bonchev–Trinajstić information content (AvgIpc) is 3.17. The molecule has 1 aromatic rings. The summed E-state index contributed by atoms with van der Waals surface area (Å²) in [5, 5.41) is 13.3. The van der Waals surface area contributed by atoms with Gasteiger partial charge in [-0.15, -0.1) is 0 Å². The fraction of sp³-hybridized carbons (Fsp3) is 0.417. The number of rotatable bonds is 5. The summed E-state index contributed by atoms with van der Waals surface area (Å²) in [4.78, 5) is 21.8. The molecule has 1 fully saturated rings. The van der Waals surface area contributed by atoms with Crippen molar-refractivity contribution in [1.82, 2.24) is 5.32 Å². The molecule has 1 aliphatic rings. The maximum atomic E-state index is 11.8. The number of nitro groups is 1. The van der Waals surface area contributed by atoms with Crippen LogP contribution in [0.1, 0.15) is 18.4 Å². The van der Waals surface area contributed by atoms with Crippen LogP contribution in [-0.4, -0.2) is 17.4 Å². The fourth-order valence-electron chi connectivity index (χ4n) is 1.78. The van der Waals surface area contributed by atoms with Crippen molar-refractivity contribution in [3.8, 4) is 0 Å². The standard InChI is InChI=1S/C12H15N3O3/c13-8-12(5-6-12)11(16)14-7-9-1-3-10(4-2-9)15(17)18/h1-4H,5-8,13H2,(H,14,16). The molecular weight excluding hydrogens is 234 g/mol. The second kappa shape index (κ2) is 4.73. The zero-order valence-electron chi connectivity index (χ0n) is 9.89. The molecule has 0 atom stereocenters. The molecule has 0 heterocycles. The van der Waals surface area contributed by atoms with Crippen LogP contribution in [0.5, 0.6) is 0 Å². The number of carbonyl (C=O) groups is 1. The van der Waals surface area contributed by atoms with Crippen LogP contribution in [0.25, 0.3) is 0 Å². The van der Waals surface area contributed by atoms with E-state index in [1.54, 1.807) is 12.1 Å². The lowest BCUT2D eigenvalue weighted by molar-refractivity contribution is -0.384. The summed E-state index contributed by atoms with van der Waals surface area (Å²) in [5.41, 5.74) is 6.08. The third-order valence-electron chi connectivity index (χ3n) is 3.33. The number of nitrogens with two attached hydrogens (primary N) is 1. The van der Waals surface area contributed by atoms with E-state index in [1.165, 1.54) is 12.1 Å². The third-order valence-corrected chi connectivity index (χ3v) is 3.33. The van der Waals surface area contributed by atoms with Crippen molar-refractivity contribution >= 4 is 11.6 Å². The van der Waals surface area contributed by atoms with E-state index in [1.807, 2.05) is 0 Å². The topological polar surface area (TPSA) is 98.3 Å². The van der Waals surface area contributed by atoms with Gasteiger partial charge in [-0.25, -0.2) is 0 Å². The number of nitrogens with zero attached hydrogens (tertiary/aromatic N) is 1. The highest BCUT2D eigenvalue weighted by Crippen LogP contribution is 2.44. The first-order chi connectivity index (χ1) is 8.57. The van der Waals surface area contributed by atoms with Crippen LogP contribution in [0.15, 0.2) is 24.3 Å². The van der Waals surface area contributed by atoms with E-state index in [9.17, 15) is 14.9 Å². The Bertz CT molecular complexity index is 466. The molecule has 96 valence electrons. The first-order valence-electron chi connectivity index (χ1n) is 5.79. The number of nitrogens with one attached hydrogen (secondary N) is 1. The Balaban J connectivity index is 1.90. The van der Waals surface area contributed by atoms with Gasteiger partial charge in [-0.2, -0.15) is 0 Å². The normalized spacial score (nSPS) is 16.1. The smallest absolute Gasteiger partial charge is 0.269 e. The van der Waals surface area contributed by atoms with E-state index in [4.69, 9.17) is 5.73 Å². The van der Waals surface area contributed by atoms with E-state index in [0.717, 1.165) is 18.4 Å². The quantitative estimate of drug-likeness (QED) is 0.599. The molecular formula is C12H15N3O3. The van der Waals surface area contributed by atoms with Crippen LogP contribution < -0.4 is 11.1 Å². The number of benzene rings is 1. The minimum absolute atomic E-state index is 0.0247. The molecule has 6 nitrogen and oxygen atoms in total. The number of hydrogen-bond donors (Lipinski definition) is 2. The second-order valence-corrected chi connectivity index (χ2v) is 4.59. The highest BCUT2D eigenvalue weighted by molar-refractivity contribution is 5.85. The van der Waals surface area contributed by atoms with Gasteiger partial charge < -0.3 is 11.1 Å². The molecule has 18 heavy (non-hydrogen) atoms. The largest absolute Gasteiger partial charge is 0.352 e. The lowest BCUT2D eigenvalue weighted by Gasteiger charge is -2.12.